The minimum Gasteiger partial charge on any atom is -1.00 e. The third kappa shape index (κ3) is 6.05. The molecule has 115 valence electrons. The summed E-state index contributed by atoms with van der Waals surface area (Å²) in [4.78, 5) is 0. The van der Waals surface area contributed by atoms with E-state index >= 15 is 0 Å². The Labute approximate surface area is 150 Å². The summed E-state index contributed by atoms with van der Waals surface area (Å²) < 4.78 is 5.78. The van der Waals surface area contributed by atoms with Gasteiger partial charge in [-0.05, 0) is 0 Å². The number of hydrogen-bond acceptors (Lipinski definition) is 1. The molecule has 0 aromatic heterocycles. The van der Waals surface area contributed by atoms with Crippen LogP contribution in [0.1, 0.15) is 24.5 Å². The summed E-state index contributed by atoms with van der Waals surface area (Å²) in [5.74, 6) is -0.567. The van der Waals surface area contributed by atoms with Gasteiger partial charge in [0.1, 0.15) is 0 Å². The molecule has 0 spiro atoms. The Morgan fingerprint density at radius 3 is 2.00 bits per heavy atom. The van der Waals surface area contributed by atoms with Gasteiger partial charge in [0, 0.05) is 0 Å². The second-order valence-corrected chi connectivity index (χ2v) is 31.6. The van der Waals surface area contributed by atoms with Gasteiger partial charge in [-0.15, -0.1) is 0 Å². The summed E-state index contributed by atoms with van der Waals surface area (Å²) in [6.45, 7) is 11.7. The zero-order valence-corrected chi connectivity index (χ0v) is 19.7. The van der Waals surface area contributed by atoms with E-state index in [1.165, 1.54) is 28.8 Å². The largest absolute Gasteiger partial charge is 1.00 e. The van der Waals surface area contributed by atoms with Crippen LogP contribution >= 0.6 is 0 Å². The van der Waals surface area contributed by atoms with Gasteiger partial charge in [0.2, 0.25) is 0 Å². The molecule has 1 aromatic rings. The van der Waals surface area contributed by atoms with E-state index in [1.807, 2.05) is 0 Å². The number of anilines is 1. The van der Waals surface area contributed by atoms with E-state index in [0.717, 1.165) is 0 Å². The van der Waals surface area contributed by atoms with Crippen molar-refractivity contribution in [2.24, 2.45) is 0 Å². The Balaban J connectivity index is 0.00000200. The number of nitrogens with one attached hydrogen (secondary N) is 1. The van der Waals surface area contributed by atoms with E-state index < -0.39 is 26.9 Å². The van der Waals surface area contributed by atoms with Crippen LogP contribution in [0.25, 0.3) is 0 Å². The van der Waals surface area contributed by atoms with Gasteiger partial charge in [-0.3, -0.25) is 0 Å². The van der Waals surface area contributed by atoms with Gasteiger partial charge in [-0.1, -0.05) is 0 Å². The minimum absolute atomic E-state index is 0. The molecule has 0 amide bonds. The maximum atomic E-state index is 4.00. The number of halogens is 2. The Bertz CT molecular complexity index is 521. The molecule has 1 N–H and O–H groups in total. The van der Waals surface area contributed by atoms with E-state index in [1.54, 1.807) is 3.33 Å². The van der Waals surface area contributed by atoms with E-state index in [9.17, 15) is 0 Å². The van der Waals surface area contributed by atoms with Crippen LogP contribution in [-0.2, 0) is 20.9 Å². The van der Waals surface area contributed by atoms with Crippen molar-refractivity contribution in [3.63, 3.8) is 0 Å². The molecule has 0 heterocycles. The standard InChI is InChI=1S/C8H10N.C6H7.C2H7Si.2ClH.Hf/c1-6-3-7(2)5-8(9)4-6;1-6-4-2-3-5-6;1-3-2;;;/h3-5,9H,1-2H3;4-5H,2H2,1H3;3H,1-2H3;2*1H;/q-1;;;;;+3/p-2. The van der Waals surface area contributed by atoms with Crippen molar-refractivity contribution < 1.29 is 45.7 Å². The zero-order valence-electron chi connectivity index (χ0n) is 13.4. The van der Waals surface area contributed by atoms with Crippen molar-refractivity contribution >= 4 is 11.7 Å². The maximum Gasteiger partial charge on any atom is -1.00 e. The van der Waals surface area contributed by atoms with Gasteiger partial charge in [0.25, 0.3) is 0 Å². The van der Waals surface area contributed by atoms with Crippen molar-refractivity contribution in [3.8, 4) is 0 Å². The van der Waals surface area contributed by atoms with Gasteiger partial charge in [0.05, 0.1) is 0 Å². The van der Waals surface area contributed by atoms with Crippen LogP contribution in [0, 0.1) is 13.8 Å². The molecular weight excluding hydrogens is 484 g/mol. The van der Waals surface area contributed by atoms with Crippen LogP contribution < -0.4 is 28.1 Å². The van der Waals surface area contributed by atoms with Crippen molar-refractivity contribution in [3.05, 3.63) is 50.4 Å². The molecule has 0 saturated carbocycles. The molecule has 1 nitrogen and oxygen atoms in total. The first-order valence-electron chi connectivity index (χ1n) is 7.05. The van der Waals surface area contributed by atoms with E-state index in [2.05, 4.69) is 67.5 Å². The normalized spacial score (nSPS) is 13.0. The number of aryl methyl sites for hydroxylation is 2. The molecule has 0 aliphatic heterocycles. The smallest absolute Gasteiger partial charge is 1.00 e. The Morgan fingerprint density at radius 1 is 1.00 bits per heavy atom. The predicted molar refractivity (Wildman–Crippen MR) is 84.9 cm³/mol. The summed E-state index contributed by atoms with van der Waals surface area (Å²) in [5.41, 5.74) is 5.57. The second kappa shape index (κ2) is 9.34. The molecule has 0 unspecified atom stereocenters. The minimum atomic E-state index is -1.79. The van der Waals surface area contributed by atoms with Gasteiger partial charge >= 0.3 is 127 Å². The Hall–Kier alpha value is 0.167. The SMILES string of the molecule is CC1=CC[C]([Hf+2]([NH]c2cc(C)cc(C)c2)[SiH](C)C)=C1.[Cl-].[Cl-]. The van der Waals surface area contributed by atoms with Crippen LogP contribution in [-0.4, -0.2) is 5.98 Å². The van der Waals surface area contributed by atoms with Crippen LogP contribution in [0.3, 0.4) is 0 Å². The third-order valence-corrected chi connectivity index (χ3v) is 27.0. The number of benzene rings is 1. The molecule has 0 bridgehead atoms. The molecule has 0 atom stereocenters. The van der Waals surface area contributed by atoms with E-state index in [4.69, 9.17) is 0 Å². The number of rotatable bonds is 4. The van der Waals surface area contributed by atoms with Crippen molar-refractivity contribution in [2.45, 2.75) is 40.3 Å². The van der Waals surface area contributed by atoms with E-state index in [0.29, 0.717) is 0 Å². The Morgan fingerprint density at radius 2 is 1.57 bits per heavy atom. The van der Waals surface area contributed by atoms with Gasteiger partial charge in [0.15, 0.2) is 0 Å². The first kappa shape index (κ1) is 21.2. The fraction of sp³-hybridized carbons (Fsp3) is 0.375. The van der Waals surface area contributed by atoms with Crippen LogP contribution in [0.15, 0.2) is 39.3 Å². The monoisotopic (exact) mass is 508 g/mol. The molecular formula is C16H24Cl2HfNSi. The van der Waals surface area contributed by atoms with Crippen molar-refractivity contribution in [1.29, 1.82) is 0 Å². The first-order valence-corrected chi connectivity index (χ1v) is 19.8. The van der Waals surface area contributed by atoms with Crippen LogP contribution in [0.2, 0.25) is 13.1 Å². The fourth-order valence-corrected chi connectivity index (χ4v) is 22.5. The summed E-state index contributed by atoms with van der Waals surface area (Å²) in [6.07, 6.45) is 6.07. The molecule has 0 radical (unpaired) electrons. The predicted octanol–water partition coefficient (Wildman–Crippen LogP) is -1.53. The van der Waals surface area contributed by atoms with E-state index in [-0.39, 0.29) is 24.8 Å². The van der Waals surface area contributed by atoms with Crippen molar-refractivity contribution in [2.75, 3.05) is 3.30 Å². The zero-order chi connectivity index (χ0) is 14.0. The third-order valence-electron chi connectivity index (χ3n) is 3.47. The molecule has 21 heavy (non-hydrogen) atoms. The van der Waals surface area contributed by atoms with Crippen LogP contribution in [0.4, 0.5) is 5.69 Å². The molecule has 0 fully saturated rings. The second-order valence-electron chi connectivity index (χ2n) is 5.89. The average Bonchev–Trinajstić information content (AvgIpc) is 2.70. The quantitative estimate of drug-likeness (QED) is 0.488. The molecule has 0 saturated heterocycles. The topological polar surface area (TPSA) is 12.0 Å². The molecule has 1 aromatic carbocycles. The summed E-state index contributed by atoms with van der Waals surface area (Å²) >= 11 is -1.79. The first-order chi connectivity index (χ1) is 8.95. The molecule has 1 aliphatic carbocycles. The number of hydrogen-bond donors (Lipinski definition) is 1. The maximum absolute atomic E-state index is 4.00. The van der Waals surface area contributed by atoms with Crippen LogP contribution in [0.5, 0.6) is 0 Å². The summed E-state index contributed by atoms with van der Waals surface area (Å²) in [6, 6.07) is 6.87. The van der Waals surface area contributed by atoms with Gasteiger partial charge < -0.3 is 24.8 Å². The summed E-state index contributed by atoms with van der Waals surface area (Å²) in [5, 5.41) is 0. The summed E-state index contributed by atoms with van der Waals surface area (Å²) in [7, 11) is 0. The van der Waals surface area contributed by atoms with Gasteiger partial charge in [-0.25, -0.2) is 0 Å². The number of allylic oxidation sites excluding steroid dienone is 4. The van der Waals surface area contributed by atoms with Gasteiger partial charge in [-0.2, -0.15) is 0 Å². The Kier molecular flexibility index (Phi) is 9.41. The fourth-order valence-electron chi connectivity index (χ4n) is 2.65. The molecule has 2 rings (SSSR count). The molecule has 5 heteroatoms. The van der Waals surface area contributed by atoms with Crippen molar-refractivity contribution in [1.82, 2.24) is 0 Å². The molecule has 1 aliphatic rings. The average molecular weight is 508 g/mol.